The van der Waals surface area contributed by atoms with E-state index in [-0.39, 0.29) is 0 Å². The van der Waals surface area contributed by atoms with Crippen LogP contribution in [0.15, 0.2) is 0 Å². The molecule has 0 aliphatic heterocycles. The lowest BCUT2D eigenvalue weighted by molar-refractivity contribution is 0.381. The molecule has 0 spiro atoms. The minimum Gasteiger partial charge on any atom is -0.333 e. The van der Waals surface area contributed by atoms with E-state index in [4.69, 9.17) is 6.42 Å². The van der Waals surface area contributed by atoms with E-state index >= 15 is 0 Å². The summed E-state index contributed by atoms with van der Waals surface area (Å²) < 4.78 is 0. The van der Waals surface area contributed by atoms with Crippen LogP contribution in [0.5, 0.6) is 0 Å². The van der Waals surface area contributed by atoms with Gasteiger partial charge in [0.1, 0.15) is 0 Å². The van der Waals surface area contributed by atoms with Crippen LogP contribution in [-0.4, -0.2) is 18.0 Å². The van der Waals surface area contributed by atoms with Gasteiger partial charge in [-0.25, -0.2) is 0 Å². The molecule has 64 valence electrons. The normalized spacial score (nSPS) is 9.18. The summed E-state index contributed by atoms with van der Waals surface area (Å²) in [5.74, 6) is 0. The number of terminal acetylenes is 1. The van der Waals surface area contributed by atoms with Crippen molar-refractivity contribution in [3.05, 3.63) is 0 Å². The maximum Gasteiger partial charge on any atom is 0.0260 e. The average molecular weight is 153 g/mol. The van der Waals surface area contributed by atoms with E-state index in [1.807, 2.05) is 0 Å². The van der Waals surface area contributed by atoms with Crippen molar-refractivity contribution in [1.29, 1.82) is 0 Å². The number of hydrogen-bond acceptors (Lipinski definition) is 1. The van der Waals surface area contributed by atoms with Crippen LogP contribution in [0, 0.1) is 12.5 Å². The molecule has 0 amide bonds. The fraction of sp³-hybridized carbons (Fsp3) is 0.800. The van der Waals surface area contributed by atoms with Gasteiger partial charge in [-0.15, -0.1) is 0 Å². The molecule has 0 rings (SSSR count). The standard InChI is InChI=1S/C10H19N/c1-4-7-9-11(6-3)10-8-5-2/h3H,4-5,7-10H2,1-2H3. The van der Waals surface area contributed by atoms with Crippen molar-refractivity contribution in [3.8, 4) is 12.5 Å². The number of nitrogens with zero attached hydrogens (tertiary/aromatic N) is 1. The van der Waals surface area contributed by atoms with Gasteiger partial charge in [0.2, 0.25) is 0 Å². The highest BCUT2D eigenvalue weighted by atomic mass is 15.1. The fourth-order valence-corrected chi connectivity index (χ4v) is 0.939. The molecule has 0 atom stereocenters. The Bertz CT molecular complexity index is 105. The third-order valence-corrected chi connectivity index (χ3v) is 1.75. The molecule has 1 heteroatoms. The molecule has 0 aromatic carbocycles. The van der Waals surface area contributed by atoms with E-state index < -0.39 is 0 Å². The Hall–Kier alpha value is -0.640. The van der Waals surface area contributed by atoms with Crippen molar-refractivity contribution in [2.75, 3.05) is 13.1 Å². The minimum atomic E-state index is 1.06. The minimum absolute atomic E-state index is 1.06. The summed E-state index contributed by atoms with van der Waals surface area (Å²) in [5, 5.41) is 0. The monoisotopic (exact) mass is 153 g/mol. The predicted octanol–water partition coefficient (Wildman–Crippen LogP) is 2.48. The largest absolute Gasteiger partial charge is 0.333 e. The van der Waals surface area contributed by atoms with Gasteiger partial charge < -0.3 is 4.90 Å². The van der Waals surface area contributed by atoms with Gasteiger partial charge >= 0.3 is 0 Å². The summed E-state index contributed by atoms with van der Waals surface area (Å²) in [6.45, 7) is 6.50. The summed E-state index contributed by atoms with van der Waals surface area (Å²) in [4.78, 5) is 2.08. The molecule has 0 radical (unpaired) electrons. The zero-order valence-electron chi connectivity index (χ0n) is 7.77. The van der Waals surface area contributed by atoms with E-state index in [9.17, 15) is 0 Å². The quantitative estimate of drug-likeness (QED) is 0.418. The molecule has 11 heavy (non-hydrogen) atoms. The van der Waals surface area contributed by atoms with Crippen molar-refractivity contribution in [3.63, 3.8) is 0 Å². The van der Waals surface area contributed by atoms with Crippen LogP contribution in [0.25, 0.3) is 0 Å². The molecule has 0 fully saturated rings. The third-order valence-electron chi connectivity index (χ3n) is 1.75. The highest BCUT2D eigenvalue weighted by Crippen LogP contribution is 1.96. The second kappa shape index (κ2) is 7.47. The van der Waals surface area contributed by atoms with Gasteiger partial charge in [-0.05, 0) is 12.8 Å². The molecule has 0 aliphatic carbocycles. The molecular weight excluding hydrogens is 134 g/mol. The van der Waals surface area contributed by atoms with Gasteiger partial charge in [-0.3, -0.25) is 0 Å². The van der Waals surface area contributed by atoms with E-state index in [0.717, 1.165) is 13.1 Å². The van der Waals surface area contributed by atoms with Gasteiger partial charge in [0.05, 0.1) is 0 Å². The maximum absolute atomic E-state index is 5.33. The molecule has 0 N–H and O–H groups in total. The third kappa shape index (κ3) is 5.79. The van der Waals surface area contributed by atoms with Crippen LogP contribution in [0.1, 0.15) is 39.5 Å². The van der Waals surface area contributed by atoms with Crippen LogP contribution in [0.4, 0.5) is 0 Å². The van der Waals surface area contributed by atoms with E-state index in [1.165, 1.54) is 25.7 Å². The van der Waals surface area contributed by atoms with Gasteiger partial charge in [0.25, 0.3) is 0 Å². The summed E-state index contributed by atoms with van der Waals surface area (Å²) in [5.41, 5.74) is 0. The first-order chi connectivity index (χ1) is 5.35. The first-order valence-corrected chi connectivity index (χ1v) is 4.56. The highest BCUT2D eigenvalue weighted by molar-refractivity contribution is 4.84. The van der Waals surface area contributed by atoms with Crippen LogP contribution in [0.2, 0.25) is 0 Å². The molecule has 0 unspecified atom stereocenters. The lowest BCUT2D eigenvalue weighted by Crippen LogP contribution is -2.19. The van der Waals surface area contributed by atoms with E-state index in [2.05, 4.69) is 24.8 Å². The molecular formula is C10H19N. The molecule has 0 heterocycles. The highest BCUT2D eigenvalue weighted by Gasteiger charge is 1.95. The van der Waals surface area contributed by atoms with Gasteiger partial charge in [-0.2, -0.15) is 0 Å². The lowest BCUT2D eigenvalue weighted by atomic mass is 10.3. The van der Waals surface area contributed by atoms with Crippen LogP contribution < -0.4 is 0 Å². The smallest absolute Gasteiger partial charge is 0.0260 e. The average Bonchev–Trinajstić information content (AvgIpc) is 2.05. The van der Waals surface area contributed by atoms with Crippen molar-refractivity contribution in [2.45, 2.75) is 39.5 Å². The Morgan fingerprint density at radius 1 is 1.09 bits per heavy atom. The van der Waals surface area contributed by atoms with Crippen molar-refractivity contribution < 1.29 is 0 Å². The fourth-order valence-electron chi connectivity index (χ4n) is 0.939. The Balaban J connectivity index is 3.35. The number of hydrogen-bond donors (Lipinski definition) is 0. The van der Waals surface area contributed by atoms with Crippen LogP contribution >= 0.6 is 0 Å². The Morgan fingerprint density at radius 3 is 1.82 bits per heavy atom. The zero-order chi connectivity index (χ0) is 8.53. The molecule has 0 saturated carbocycles. The van der Waals surface area contributed by atoms with Gasteiger partial charge in [0, 0.05) is 19.1 Å². The van der Waals surface area contributed by atoms with Crippen molar-refractivity contribution >= 4 is 0 Å². The number of rotatable bonds is 6. The Kier molecular flexibility index (Phi) is 7.03. The molecule has 0 aromatic rings. The Morgan fingerprint density at radius 2 is 1.55 bits per heavy atom. The summed E-state index contributed by atoms with van der Waals surface area (Å²) in [7, 11) is 0. The summed E-state index contributed by atoms with van der Waals surface area (Å²) in [6, 6.07) is 2.70. The number of unbranched alkanes of at least 4 members (excludes halogenated alkanes) is 2. The first-order valence-electron chi connectivity index (χ1n) is 4.56. The second-order valence-corrected chi connectivity index (χ2v) is 2.82. The van der Waals surface area contributed by atoms with Gasteiger partial charge in [-0.1, -0.05) is 33.1 Å². The van der Waals surface area contributed by atoms with Crippen LogP contribution in [0.3, 0.4) is 0 Å². The summed E-state index contributed by atoms with van der Waals surface area (Å²) in [6.07, 6.45) is 10.2. The van der Waals surface area contributed by atoms with E-state index in [0.29, 0.717) is 0 Å². The SMILES string of the molecule is C#CN(CCCC)CCCC. The van der Waals surface area contributed by atoms with Crippen molar-refractivity contribution in [2.24, 2.45) is 0 Å². The topological polar surface area (TPSA) is 3.24 Å². The predicted molar refractivity (Wildman–Crippen MR) is 50.2 cm³/mol. The van der Waals surface area contributed by atoms with Crippen LogP contribution in [-0.2, 0) is 0 Å². The Labute approximate surface area is 70.8 Å². The first kappa shape index (κ1) is 10.4. The van der Waals surface area contributed by atoms with Gasteiger partial charge in [0.15, 0.2) is 0 Å². The second-order valence-electron chi connectivity index (χ2n) is 2.82. The lowest BCUT2D eigenvalue weighted by Gasteiger charge is -2.15. The molecule has 0 bridgehead atoms. The van der Waals surface area contributed by atoms with E-state index in [1.54, 1.807) is 0 Å². The molecule has 1 nitrogen and oxygen atoms in total. The molecule has 0 aromatic heterocycles. The zero-order valence-corrected chi connectivity index (χ0v) is 7.77. The van der Waals surface area contributed by atoms with Crippen molar-refractivity contribution in [1.82, 2.24) is 4.90 Å². The summed E-state index contributed by atoms with van der Waals surface area (Å²) >= 11 is 0. The maximum atomic E-state index is 5.33. The molecule has 0 aliphatic rings. The molecule has 0 saturated heterocycles.